The number of hydrogen-bond donors (Lipinski definition) is 0. The minimum Gasteiger partial charge on any atom is -0.0616 e. The van der Waals surface area contributed by atoms with Crippen molar-refractivity contribution in [3.8, 4) is 0 Å². The third kappa shape index (κ3) is 1.68. The molecule has 0 fully saturated rings. The summed E-state index contributed by atoms with van der Waals surface area (Å²) in [7, 11) is 0. The molecule has 0 heteroatoms. The SMILES string of the molecule is CC(C)(C)C1=Cc2ccc3ccccc3c2C1. The van der Waals surface area contributed by atoms with Crippen LogP contribution in [0.4, 0.5) is 0 Å². The summed E-state index contributed by atoms with van der Waals surface area (Å²) in [5.41, 5.74) is 4.74. The van der Waals surface area contributed by atoms with Gasteiger partial charge in [0.15, 0.2) is 0 Å². The molecule has 0 heterocycles. The van der Waals surface area contributed by atoms with Gasteiger partial charge in [-0.25, -0.2) is 0 Å². The molecule has 0 radical (unpaired) electrons. The average Bonchev–Trinajstić information content (AvgIpc) is 2.72. The Balaban J connectivity index is 2.17. The van der Waals surface area contributed by atoms with Crippen LogP contribution >= 0.6 is 0 Å². The van der Waals surface area contributed by atoms with Gasteiger partial charge in [0.05, 0.1) is 0 Å². The van der Waals surface area contributed by atoms with Crippen LogP contribution in [0.25, 0.3) is 16.8 Å². The average molecular weight is 222 g/mol. The van der Waals surface area contributed by atoms with Gasteiger partial charge in [0.25, 0.3) is 0 Å². The summed E-state index contributed by atoms with van der Waals surface area (Å²) in [5, 5.41) is 2.77. The molecule has 2 aromatic rings. The lowest BCUT2D eigenvalue weighted by molar-refractivity contribution is 0.499. The molecule has 0 aromatic heterocycles. The van der Waals surface area contributed by atoms with Crippen molar-refractivity contribution in [3.05, 3.63) is 53.1 Å². The molecule has 0 amide bonds. The van der Waals surface area contributed by atoms with E-state index in [0.29, 0.717) is 0 Å². The smallest absolute Gasteiger partial charge is 0.00464 e. The molecule has 3 rings (SSSR count). The van der Waals surface area contributed by atoms with Gasteiger partial charge in [0.2, 0.25) is 0 Å². The lowest BCUT2D eigenvalue weighted by atomic mass is 9.85. The summed E-state index contributed by atoms with van der Waals surface area (Å²) in [6.07, 6.45) is 3.49. The van der Waals surface area contributed by atoms with Crippen molar-refractivity contribution < 1.29 is 0 Å². The van der Waals surface area contributed by atoms with Gasteiger partial charge in [0.1, 0.15) is 0 Å². The molecule has 17 heavy (non-hydrogen) atoms. The first-order chi connectivity index (χ1) is 8.05. The van der Waals surface area contributed by atoms with E-state index in [9.17, 15) is 0 Å². The van der Waals surface area contributed by atoms with Crippen molar-refractivity contribution in [3.63, 3.8) is 0 Å². The lowest BCUT2D eigenvalue weighted by Crippen LogP contribution is -2.08. The van der Waals surface area contributed by atoms with E-state index < -0.39 is 0 Å². The summed E-state index contributed by atoms with van der Waals surface area (Å²) in [6, 6.07) is 13.2. The van der Waals surface area contributed by atoms with Crippen LogP contribution in [0.3, 0.4) is 0 Å². The fraction of sp³-hybridized carbons (Fsp3) is 0.294. The van der Waals surface area contributed by atoms with Crippen molar-refractivity contribution in [2.45, 2.75) is 27.2 Å². The second kappa shape index (κ2) is 3.46. The van der Waals surface area contributed by atoms with Crippen LogP contribution in [0.15, 0.2) is 42.0 Å². The highest BCUT2D eigenvalue weighted by Crippen LogP contribution is 2.39. The lowest BCUT2D eigenvalue weighted by Gasteiger charge is -2.20. The fourth-order valence-electron chi connectivity index (χ4n) is 2.60. The van der Waals surface area contributed by atoms with Crippen LogP contribution in [0, 0.1) is 5.41 Å². The Labute approximate surface area is 103 Å². The second-order valence-electron chi connectivity index (χ2n) is 5.95. The molecule has 0 saturated heterocycles. The van der Waals surface area contributed by atoms with Crippen LogP contribution in [0.5, 0.6) is 0 Å². The minimum atomic E-state index is 0.278. The van der Waals surface area contributed by atoms with Crippen LogP contribution in [0.2, 0.25) is 0 Å². The molecule has 0 saturated carbocycles. The predicted molar refractivity (Wildman–Crippen MR) is 75.1 cm³/mol. The Morgan fingerprint density at radius 2 is 1.71 bits per heavy atom. The zero-order valence-electron chi connectivity index (χ0n) is 10.7. The van der Waals surface area contributed by atoms with Gasteiger partial charge < -0.3 is 0 Å². The van der Waals surface area contributed by atoms with E-state index >= 15 is 0 Å². The predicted octanol–water partition coefficient (Wildman–Crippen LogP) is 4.83. The van der Waals surface area contributed by atoms with Crippen molar-refractivity contribution in [1.82, 2.24) is 0 Å². The van der Waals surface area contributed by atoms with E-state index in [1.807, 2.05) is 0 Å². The number of rotatable bonds is 0. The highest BCUT2D eigenvalue weighted by Gasteiger charge is 2.23. The standard InChI is InChI=1S/C17H18/c1-17(2,3)14-10-13-9-8-12-6-4-5-7-15(12)16(13)11-14/h4-10H,11H2,1-3H3. The Hall–Kier alpha value is -1.56. The molecule has 0 spiro atoms. The van der Waals surface area contributed by atoms with Gasteiger partial charge in [-0.05, 0) is 33.7 Å². The van der Waals surface area contributed by atoms with E-state index in [0.717, 1.165) is 6.42 Å². The second-order valence-corrected chi connectivity index (χ2v) is 5.95. The topological polar surface area (TPSA) is 0 Å². The van der Waals surface area contributed by atoms with Crippen molar-refractivity contribution >= 4 is 16.8 Å². The third-order valence-electron chi connectivity index (χ3n) is 3.74. The highest BCUT2D eigenvalue weighted by atomic mass is 14.3. The van der Waals surface area contributed by atoms with Crippen molar-refractivity contribution in [2.24, 2.45) is 5.41 Å². The summed E-state index contributed by atoms with van der Waals surface area (Å²) >= 11 is 0. The fourth-order valence-corrected chi connectivity index (χ4v) is 2.60. The summed E-state index contributed by atoms with van der Waals surface area (Å²) < 4.78 is 0. The van der Waals surface area contributed by atoms with E-state index in [2.05, 4.69) is 63.2 Å². The number of fused-ring (bicyclic) bond motifs is 3. The highest BCUT2D eigenvalue weighted by molar-refractivity contribution is 5.91. The summed E-state index contributed by atoms with van der Waals surface area (Å²) in [6.45, 7) is 6.90. The quantitative estimate of drug-likeness (QED) is 0.599. The maximum absolute atomic E-state index is 2.38. The van der Waals surface area contributed by atoms with Crippen LogP contribution in [-0.2, 0) is 6.42 Å². The maximum atomic E-state index is 2.38. The summed E-state index contributed by atoms with van der Waals surface area (Å²) in [4.78, 5) is 0. The van der Waals surface area contributed by atoms with Crippen LogP contribution in [0.1, 0.15) is 31.9 Å². The summed E-state index contributed by atoms with van der Waals surface area (Å²) in [5.74, 6) is 0. The molecule has 0 bridgehead atoms. The Morgan fingerprint density at radius 1 is 0.941 bits per heavy atom. The maximum Gasteiger partial charge on any atom is -0.00464 e. The molecule has 2 aromatic carbocycles. The van der Waals surface area contributed by atoms with E-state index in [1.165, 1.54) is 21.9 Å². The zero-order valence-corrected chi connectivity index (χ0v) is 10.7. The van der Waals surface area contributed by atoms with Gasteiger partial charge in [0, 0.05) is 0 Å². The first kappa shape index (κ1) is 10.6. The van der Waals surface area contributed by atoms with Gasteiger partial charge in [-0.15, -0.1) is 0 Å². The van der Waals surface area contributed by atoms with E-state index in [1.54, 1.807) is 5.57 Å². The molecule has 0 nitrogen and oxygen atoms in total. The Bertz CT molecular complexity index is 609. The number of benzene rings is 2. The first-order valence-electron chi connectivity index (χ1n) is 6.27. The Kier molecular flexibility index (Phi) is 2.16. The molecule has 0 N–H and O–H groups in total. The van der Waals surface area contributed by atoms with Gasteiger partial charge in [-0.2, -0.15) is 0 Å². The Morgan fingerprint density at radius 3 is 2.47 bits per heavy atom. The van der Waals surface area contributed by atoms with Crippen LogP contribution < -0.4 is 0 Å². The molecule has 1 aliphatic carbocycles. The van der Waals surface area contributed by atoms with Crippen molar-refractivity contribution in [1.29, 1.82) is 0 Å². The monoisotopic (exact) mass is 222 g/mol. The number of allylic oxidation sites excluding steroid dienone is 1. The molecule has 0 atom stereocenters. The number of hydrogen-bond acceptors (Lipinski definition) is 0. The van der Waals surface area contributed by atoms with Gasteiger partial charge in [-0.1, -0.05) is 68.8 Å². The normalized spacial score (nSPS) is 14.9. The molecule has 86 valence electrons. The van der Waals surface area contributed by atoms with E-state index in [-0.39, 0.29) is 5.41 Å². The van der Waals surface area contributed by atoms with Gasteiger partial charge >= 0.3 is 0 Å². The molecular weight excluding hydrogens is 204 g/mol. The third-order valence-corrected chi connectivity index (χ3v) is 3.74. The zero-order chi connectivity index (χ0) is 12.0. The van der Waals surface area contributed by atoms with Gasteiger partial charge in [-0.3, -0.25) is 0 Å². The van der Waals surface area contributed by atoms with E-state index in [4.69, 9.17) is 0 Å². The molecule has 0 unspecified atom stereocenters. The molecule has 0 aliphatic heterocycles. The minimum absolute atomic E-state index is 0.278. The molecular formula is C17H18. The first-order valence-corrected chi connectivity index (χ1v) is 6.27. The molecule has 1 aliphatic rings. The van der Waals surface area contributed by atoms with Crippen LogP contribution in [-0.4, -0.2) is 0 Å². The van der Waals surface area contributed by atoms with Crippen molar-refractivity contribution in [2.75, 3.05) is 0 Å². The largest absolute Gasteiger partial charge is 0.0616 e.